The number of rotatable bonds is 3. The van der Waals surface area contributed by atoms with E-state index in [4.69, 9.17) is 4.98 Å². The van der Waals surface area contributed by atoms with Crippen molar-refractivity contribution in [3.05, 3.63) is 90.5 Å². The smallest absolute Gasteiger partial charge is 0.157 e. The van der Waals surface area contributed by atoms with Gasteiger partial charge >= 0.3 is 0 Å². The van der Waals surface area contributed by atoms with E-state index < -0.39 is 0 Å². The number of imidazole rings is 1. The lowest BCUT2D eigenvalue weighted by atomic mass is 10.1. The number of pyridine rings is 1. The third-order valence-corrected chi connectivity index (χ3v) is 4.48. The molecule has 0 aliphatic rings. The second-order valence-corrected chi connectivity index (χ2v) is 6.32. The molecule has 0 atom stereocenters. The number of aromatic amines is 1. The first-order valence-electron chi connectivity index (χ1n) is 8.81. The van der Waals surface area contributed by atoms with Gasteiger partial charge in [0.25, 0.3) is 0 Å². The van der Waals surface area contributed by atoms with E-state index in [0.29, 0.717) is 0 Å². The van der Waals surface area contributed by atoms with E-state index in [2.05, 4.69) is 21.0 Å². The summed E-state index contributed by atoms with van der Waals surface area (Å²) in [6.07, 6.45) is 1.87. The van der Waals surface area contributed by atoms with Crippen molar-refractivity contribution < 1.29 is 0 Å². The SMILES string of the molecule is C(=Nc1cccc2ccc(-c3nc4ccccc4[nH]3)nc12)c1ccccc1. The van der Waals surface area contributed by atoms with Crippen LogP contribution in [0.1, 0.15) is 5.56 Å². The molecule has 5 aromatic rings. The number of aliphatic imine (C=N–C) groups is 1. The van der Waals surface area contributed by atoms with Gasteiger partial charge in [0.2, 0.25) is 0 Å². The van der Waals surface area contributed by atoms with Crippen LogP contribution in [0.5, 0.6) is 0 Å². The molecule has 0 amide bonds. The number of hydrogen-bond donors (Lipinski definition) is 1. The Balaban J connectivity index is 1.61. The quantitative estimate of drug-likeness (QED) is 0.436. The summed E-state index contributed by atoms with van der Waals surface area (Å²) < 4.78 is 0. The standard InChI is InChI=1S/C23H16N4/c1-2-7-16(8-3-1)15-24-20-12-6-9-17-13-14-21(25-22(17)20)23-26-18-10-4-5-11-19(18)27-23/h1-15H,(H,26,27). The predicted octanol–water partition coefficient (Wildman–Crippen LogP) is 5.53. The van der Waals surface area contributed by atoms with Crippen molar-refractivity contribution in [1.29, 1.82) is 0 Å². The Morgan fingerprint density at radius 1 is 0.741 bits per heavy atom. The van der Waals surface area contributed by atoms with Crippen LogP contribution in [-0.4, -0.2) is 21.2 Å². The van der Waals surface area contributed by atoms with E-state index >= 15 is 0 Å². The zero-order valence-electron chi connectivity index (χ0n) is 14.5. The Hall–Kier alpha value is -3.79. The highest BCUT2D eigenvalue weighted by molar-refractivity contribution is 5.93. The summed E-state index contributed by atoms with van der Waals surface area (Å²) in [5, 5.41) is 1.05. The molecule has 0 aliphatic carbocycles. The van der Waals surface area contributed by atoms with E-state index in [0.717, 1.165) is 44.7 Å². The third-order valence-electron chi connectivity index (χ3n) is 4.48. The normalized spacial score (nSPS) is 11.6. The number of nitrogens with one attached hydrogen (secondary N) is 1. The summed E-state index contributed by atoms with van der Waals surface area (Å²) in [6.45, 7) is 0. The van der Waals surface area contributed by atoms with Crippen LogP contribution < -0.4 is 0 Å². The molecule has 0 radical (unpaired) electrons. The molecule has 0 bridgehead atoms. The summed E-state index contributed by atoms with van der Waals surface area (Å²) in [5.74, 6) is 0.764. The second kappa shape index (κ2) is 6.50. The molecule has 5 rings (SSSR count). The van der Waals surface area contributed by atoms with E-state index in [1.807, 2.05) is 85.1 Å². The van der Waals surface area contributed by atoms with Crippen molar-refractivity contribution in [3.8, 4) is 11.5 Å². The lowest BCUT2D eigenvalue weighted by molar-refractivity contribution is 1.27. The van der Waals surface area contributed by atoms with Gasteiger partial charge in [0.05, 0.1) is 22.2 Å². The van der Waals surface area contributed by atoms with Crippen LogP contribution in [0.2, 0.25) is 0 Å². The zero-order chi connectivity index (χ0) is 18.1. The fraction of sp³-hybridized carbons (Fsp3) is 0. The van der Waals surface area contributed by atoms with Gasteiger partial charge in [0.1, 0.15) is 5.69 Å². The number of hydrogen-bond acceptors (Lipinski definition) is 3. The van der Waals surface area contributed by atoms with E-state index in [1.54, 1.807) is 0 Å². The van der Waals surface area contributed by atoms with Crippen molar-refractivity contribution in [3.63, 3.8) is 0 Å². The zero-order valence-corrected chi connectivity index (χ0v) is 14.5. The summed E-state index contributed by atoms with van der Waals surface area (Å²) >= 11 is 0. The van der Waals surface area contributed by atoms with Crippen LogP contribution in [0.15, 0.2) is 89.9 Å². The van der Waals surface area contributed by atoms with Crippen molar-refractivity contribution in [1.82, 2.24) is 15.0 Å². The molecule has 0 fully saturated rings. The number of aromatic nitrogens is 3. The Kier molecular flexibility index (Phi) is 3.72. The number of nitrogens with zero attached hydrogens (tertiary/aromatic N) is 3. The Morgan fingerprint density at radius 3 is 2.48 bits per heavy atom. The third kappa shape index (κ3) is 2.98. The predicted molar refractivity (Wildman–Crippen MR) is 111 cm³/mol. The van der Waals surface area contributed by atoms with E-state index in [9.17, 15) is 0 Å². The minimum atomic E-state index is 0.764. The molecule has 4 heteroatoms. The summed E-state index contributed by atoms with van der Waals surface area (Å²) in [5.41, 5.74) is 5.51. The van der Waals surface area contributed by atoms with Crippen LogP contribution in [-0.2, 0) is 0 Å². The fourth-order valence-corrected chi connectivity index (χ4v) is 3.12. The van der Waals surface area contributed by atoms with Crippen LogP contribution >= 0.6 is 0 Å². The molecule has 0 saturated heterocycles. The molecule has 1 N–H and O–H groups in total. The Labute approximate surface area is 156 Å². The minimum Gasteiger partial charge on any atom is -0.337 e. The van der Waals surface area contributed by atoms with Crippen molar-refractivity contribution in [2.24, 2.45) is 4.99 Å². The first-order chi connectivity index (χ1) is 13.4. The van der Waals surface area contributed by atoms with Crippen LogP contribution in [0.4, 0.5) is 5.69 Å². The summed E-state index contributed by atoms with van der Waals surface area (Å²) in [6, 6.07) is 28.1. The molecule has 27 heavy (non-hydrogen) atoms. The second-order valence-electron chi connectivity index (χ2n) is 6.32. The molecular formula is C23H16N4. The van der Waals surface area contributed by atoms with Gasteiger partial charge in [-0.2, -0.15) is 0 Å². The molecule has 4 nitrogen and oxygen atoms in total. The summed E-state index contributed by atoms with van der Waals surface area (Å²) in [4.78, 5) is 17.5. The van der Waals surface area contributed by atoms with E-state index in [-0.39, 0.29) is 0 Å². The highest BCUT2D eigenvalue weighted by atomic mass is 15.0. The maximum absolute atomic E-state index is 4.85. The molecule has 0 unspecified atom stereocenters. The monoisotopic (exact) mass is 348 g/mol. The highest BCUT2D eigenvalue weighted by Crippen LogP contribution is 2.27. The average Bonchev–Trinajstić information content (AvgIpc) is 3.17. The van der Waals surface area contributed by atoms with Gasteiger partial charge in [-0.05, 0) is 29.8 Å². The van der Waals surface area contributed by atoms with E-state index in [1.165, 1.54) is 0 Å². The Morgan fingerprint density at radius 2 is 1.59 bits per heavy atom. The molecule has 0 spiro atoms. The highest BCUT2D eigenvalue weighted by Gasteiger charge is 2.09. The van der Waals surface area contributed by atoms with Gasteiger partial charge < -0.3 is 4.98 Å². The number of para-hydroxylation sites is 3. The first-order valence-corrected chi connectivity index (χ1v) is 8.81. The topological polar surface area (TPSA) is 53.9 Å². The van der Waals surface area contributed by atoms with Crippen molar-refractivity contribution >= 4 is 33.8 Å². The first kappa shape index (κ1) is 15.5. The van der Waals surface area contributed by atoms with Crippen LogP contribution in [0.3, 0.4) is 0 Å². The molecule has 2 aromatic heterocycles. The van der Waals surface area contributed by atoms with Crippen molar-refractivity contribution in [2.75, 3.05) is 0 Å². The molecule has 0 saturated carbocycles. The van der Waals surface area contributed by atoms with Gasteiger partial charge in [0, 0.05) is 11.6 Å². The Bertz CT molecular complexity index is 1240. The maximum Gasteiger partial charge on any atom is 0.157 e. The number of benzene rings is 3. The van der Waals surface area contributed by atoms with Crippen LogP contribution in [0, 0.1) is 0 Å². The maximum atomic E-state index is 4.85. The molecule has 3 aromatic carbocycles. The van der Waals surface area contributed by atoms with Crippen LogP contribution in [0.25, 0.3) is 33.5 Å². The van der Waals surface area contributed by atoms with Gasteiger partial charge in [-0.1, -0.05) is 60.7 Å². The number of H-pyrrole nitrogens is 1. The van der Waals surface area contributed by atoms with Gasteiger partial charge in [-0.15, -0.1) is 0 Å². The van der Waals surface area contributed by atoms with Gasteiger partial charge in [0.15, 0.2) is 5.82 Å². The number of fused-ring (bicyclic) bond motifs is 2. The fourth-order valence-electron chi connectivity index (χ4n) is 3.12. The van der Waals surface area contributed by atoms with Crippen molar-refractivity contribution in [2.45, 2.75) is 0 Å². The summed E-state index contributed by atoms with van der Waals surface area (Å²) in [7, 11) is 0. The lowest BCUT2D eigenvalue weighted by Gasteiger charge is -2.03. The molecule has 0 aliphatic heterocycles. The largest absolute Gasteiger partial charge is 0.337 e. The van der Waals surface area contributed by atoms with Gasteiger partial charge in [-0.25, -0.2) is 9.97 Å². The average molecular weight is 348 g/mol. The molecule has 128 valence electrons. The molecule has 2 heterocycles. The molecular weight excluding hydrogens is 332 g/mol. The lowest BCUT2D eigenvalue weighted by Crippen LogP contribution is -1.88. The van der Waals surface area contributed by atoms with Gasteiger partial charge in [-0.3, -0.25) is 4.99 Å². The minimum absolute atomic E-state index is 0.764.